The van der Waals surface area contributed by atoms with Crippen LogP contribution in [0.4, 0.5) is 0 Å². The van der Waals surface area contributed by atoms with E-state index >= 15 is 0 Å². The summed E-state index contributed by atoms with van der Waals surface area (Å²) in [6.07, 6.45) is 1.39. The molecular formula is C14H15N3O3. The van der Waals surface area contributed by atoms with Crippen LogP contribution in [0.15, 0.2) is 42.1 Å². The lowest BCUT2D eigenvalue weighted by molar-refractivity contribution is -0.137. The van der Waals surface area contributed by atoms with E-state index in [0.717, 1.165) is 5.56 Å². The first-order valence-electron chi connectivity index (χ1n) is 5.89. The van der Waals surface area contributed by atoms with E-state index in [2.05, 4.69) is 5.32 Å². The van der Waals surface area contributed by atoms with Gasteiger partial charge in [-0.25, -0.2) is 0 Å². The van der Waals surface area contributed by atoms with Crippen molar-refractivity contribution in [2.45, 2.75) is 6.54 Å². The molecule has 0 aliphatic rings. The van der Waals surface area contributed by atoms with Crippen LogP contribution in [0.1, 0.15) is 5.56 Å². The van der Waals surface area contributed by atoms with Crippen molar-refractivity contribution in [2.75, 3.05) is 13.6 Å². The lowest BCUT2D eigenvalue weighted by Gasteiger charge is -2.14. The minimum atomic E-state index is -1.16. The van der Waals surface area contributed by atoms with Crippen molar-refractivity contribution in [2.24, 2.45) is 0 Å². The summed E-state index contributed by atoms with van der Waals surface area (Å²) in [5, 5.41) is 19.5. The first-order valence-corrected chi connectivity index (χ1v) is 5.89. The minimum absolute atomic E-state index is 0.135. The lowest BCUT2D eigenvalue weighted by atomic mass is 10.2. The lowest BCUT2D eigenvalue weighted by Crippen LogP contribution is -2.30. The van der Waals surface area contributed by atoms with Crippen LogP contribution < -0.4 is 5.32 Å². The number of aliphatic carboxylic acids is 1. The fraction of sp³-hybridized carbons (Fsp3) is 0.214. The highest BCUT2D eigenvalue weighted by atomic mass is 16.4. The van der Waals surface area contributed by atoms with Crippen molar-refractivity contribution < 1.29 is 14.7 Å². The van der Waals surface area contributed by atoms with Crippen LogP contribution in [-0.2, 0) is 16.1 Å². The van der Waals surface area contributed by atoms with Crippen LogP contribution in [0.2, 0.25) is 0 Å². The zero-order chi connectivity index (χ0) is 15.0. The average molecular weight is 273 g/mol. The van der Waals surface area contributed by atoms with Gasteiger partial charge < -0.3 is 15.3 Å². The molecule has 6 heteroatoms. The molecule has 0 unspecified atom stereocenters. The third-order valence-electron chi connectivity index (χ3n) is 2.39. The number of nitrogens with one attached hydrogen (secondary N) is 1. The van der Waals surface area contributed by atoms with E-state index in [1.165, 1.54) is 6.20 Å². The van der Waals surface area contributed by atoms with Crippen LogP contribution in [0.5, 0.6) is 0 Å². The highest BCUT2D eigenvalue weighted by Gasteiger charge is 2.11. The van der Waals surface area contributed by atoms with Crippen molar-refractivity contribution >= 4 is 11.9 Å². The number of hydrogen-bond donors (Lipinski definition) is 2. The number of rotatable bonds is 6. The predicted molar refractivity (Wildman–Crippen MR) is 72.3 cm³/mol. The Hall–Kier alpha value is -2.81. The molecule has 1 aromatic carbocycles. The molecule has 0 saturated heterocycles. The topological polar surface area (TPSA) is 93.4 Å². The summed E-state index contributed by atoms with van der Waals surface area (Å²) in [4.78, 5) is 23.6. The van der Waals surface area contributed by atoms with E-state index < -0.39 is 18.4 Å². The Morgan fingerprint density at radius 3 is 2.60 bits per heavy atom. The molecule has 0 aliphatic heterocycles. The number of carboxylic acid groups (broad SMARTS) is 1. The van der Waals surface area contributed by atoms with Crippen LogP contribution in [0.25, 0.3) is 0 Å². The summed E-state index contributed by atoms with van der Waals surface area (Å²) in [5.41, 5.74) is 0.902. The molecule has 1 rings (SSSR count). The fourth-order valence-corrected chi connectivity index (χ4v) is 1.53. The molecule has 20 heavy (non-hydrogen) atoms. The summed E-state index contributed by atoms with van der Waals surface area (Å²) in [6, 6.07) is 11.3. The van der Waals surface area contributed by atoms with Crippen molar-refractivity contribution in [1.29, 1.82) is 5.26 Å². The Morgan fingerprint density at radius 2 is 2.05 bits per heavy atom. The standard InChI is InChI=1S/C14H15N3O3/c1-17(9-11-5-3-2-4-6-11)10-12(7-15)14(20)16-8-13(18)19/h2-6,10H,8-9H2,1H3,(H,16,20)(H,18,19)/b12-10-. The highest BCUT2D eigenvalue weighted by Crippen LogP contribution is 2.04. The Morgan fingerprint density at radius 1 is 1.40 bits per heavy atom. The Balaban J connectivity index is 2.66. The van der Waals surface area contributed by atoms with Gasteiger partial charge in [0.25, 0.3) is 5.91 Å². The van der Waals surface area contributed by atoms with Crippen molar-refractivity contribution in [1.82, 2.24) is 10.2 Å². The van der Waals surface area contributed by atoms with Crippen LogP contribution in [-0.4, -0.2) is 35.5 Å². The fourth-order valence-electron chi connectivity index (χ4n) is 1.53. The van der Waals surface area contributed by atoms with E-state index in [-0.39, 0.29) is 5.57 Å². The van der Waals surface area contributed by atoms with Crippen LogP contribution >= 0.6 is 0 Å². The van der Waals surface area contributed by atoms with Gasteiger partial charge in [0.2, 0.25) is 0 Å². The van der Waals surface area contributed by atoms with Crippen LogP contribution in [0, 0.1) is 11.3 Å². The van der Waals surface area contributed by atoms with E-state index in [9.17, 15) is 9.59 Å². The third kappa shape index (κ3) is 5.23. The third-order valence-corrected chi connectivity index (χ3v) is 2.39. The molecule has 2 N–H and O–H groups in total. The molecule has 0 atom stereocenters. The molecule has 104 valence electrons. The van der Waals surface area contributed by atoms with Gasteiger partial charge in [0.1, 0.15) is 18.2 Å². The number of nitrogens with zero attached hydrogens (tertiary/aromatic N) is 2. The number of amides is 1. The number of benzene rings is 1. The van der Waals surface area contributed by atoms with Gasteiger partial charge >= 0.3 is 5.97 Å². The van der Waals surface area contributed by atoms with Gasteiger partial charge in [-0.1, -0.05) is 30.3 Å². The normalized spacial score (nSPS) is 10.5. The molecule has 1 amide bonds. The number of hydrogen-bond acceptors (Lipinski definition) is 4. The van der Waals surface area contributed by atoms with Gasteiger partial charge in [0, 0.05) is 19.8 Å². The minimum Gasteiger partial charge on any atom is -0.480 e. The molecule has 6 nitrogen and oxygen atoms in total. The van der Waals surface area contributed by atoms with Crippen LogP contribution in [0.3, 0.4) is 0 Å². The molecule has 0 spiro atoms. The Labute approximate surface area is 116 Å². The van der Waals surface area contributed by atoms with E-state index in [1.54, 1.807) is 18.0 Å². The van der Waals surface area contributed by atoms with Gasteiger partial charge in [-0.05, 0) is 5.56 Å². The molecule has 0 fully saturated rings. The van der Waals surface area contributed by atoms with Gasteiger partial charge in [-0.2, -0.15) is 5.26 Å². The molecule has 0 heterocycles. The predicted octanol–water partition coefficient (Wildman–Crippen LogP) is 0.727. The van der Waals surface area contributed by atoms with Gasteiger partial charge in [0.15, 0.2) is 0 Å². The number of nitriles is 1. The Bertz CT molecular complexity index is 547. The zero-order valence-corrected chi connectivity index (χ0v) is 11.0. The smallest absolute Gasteiger partial charge is 0.322 e. The number of carbonyl (C=O) groups excluding carboxylic acids is 1. The first-order chi connectivity index (χ1) is 9.52. The quantitative estimate of drug-likeness (QED) is 0.588. The zero-order valence-electron chi connectivity index (χ0n) is 11.0. The second-order valence-electron chi connectivity index (χ2n) is 4.13. The summed E-state index contributed by atoms with van der Waals surface area (Å²) >= 11 is 0. The van der Waals surface area contributed by atoms with Crippen molar-refractivity contribution in [3.63, 3.8) is 0 Å². The molecule has 0 bridgehead atoms. The number of carbonyl (C=O) groups is 2. The number of carboxylic acids is 1. The molecule has 0 aliphatic carbocycles. The first kappa shape index (κ1) is 15.2. The van der Waals surface area contributed by atoms with Gasteiger partial charge in [-0.3, -0.25) is 9.59 Å². The van der Waals surface area contributed by atoms with Gasteiger partial charge in [-0.15, -0.1) is 0 Å². The maximum absolute atomic E-state index is 11.6. The second-order valence-corrected chi connectivity index (χ2v) is 4.13. The SMILES string of the molecule is CN(/C=C(/C#N)C(=O)NCC(=O)O)Cc1ccccc1. The summed E-state index contributed by atoms with van der Waals surface area (Å²) < 4.78 is 0. The maximum atomic E-state index is 11.6. The molecule has 1 aromatic rings. The second kappa shape index (κ2) is 7.59. The van der Waals surface area contributed by atoms with E-state index in [1.807, 2.05) is 30.3 Å². The molecular weight excluding hydrogens is 258 g/mol. The molecule has 0 aromatic heterocycles. The molecule has 0 radical (unpaired) electrons. The molecule has 0 saturated carbocycles. The van der Waals surface area contributed by atoms with Crippen molar-refractivity contribution in [3.05, 3.63) is 47.7 Å². The Kier molecular flexibility index (Phi) is 5.78. The highest BCUT2D eigenvalue weighted by molar-refractivity contribution is 5.98. The van der Waals surface area contributed by atoms with E-state index in [4.69, 9.17) is 10.4 Å². The average Bonchev–Trinajstić information content (AvgIpc) is 2.43. The summed E-state index contributed by atoms with van der Waals surface area (Å²) in [5.74, 6) is -1.86. The maximum Gasteiger partial charge on any atom is 0.322 e. The van der Waals surface area contributed by atoms with Crippen molar-refractivity contribution in [3.8, 4) is 6.07 Å². The van der Waals surface area contributed by atoms with E-state index in [0.29, 0.717) is 6.54 Å². The largest absolute Gasteiger partial charge is 0.480 e. The monoisotopic (exact) mass is 273 g/mol. The summed E-state index contributed by atoms with van der Waals surface area (Å²) in [7, 11) is 1.73. The summed E-state index contributed by atoms with van der Waals surface area (Å²) in [6.45, 7) is 0.0263. The van der Waals surface area contributed by atoms with Gasteiger partial charge in [0.05, 0.1) is 0 Å².